The smallest absolute Gasteiger partial charge is 0.347 e. The number of unbranched alkanes of at least 4 members (excludes halogenated alkanes) is 1. The van der Waals surface area contributed by atoms with Crippen LogP contribution in [-0.2, 0) is 14.8 Å². The highest BCUT2D eigenvalue weighted by atomic mass is 32.2. The fraction of sp³-hybridized carbons (Fsp3) is 0.333. The van der Waals surface area contributed by atoms with Gasteiger partial charge in [-0.2, -0.15) is 0 Å². The average Bonchev–Trinajstić information content (AvgIpc) is 2.54. The predicted molar refractivity (Wildman–Crippen MR) is 92.0 cm³/mol. The second kappa shape index (κ2) is 7.88. The zero-order valence-corrected chi connectivity index (χ0v) is 14.3. The largest absolute Gasteiger partial charge is 0.352 e. The molecule has 1 aromatic carbocycles. The number of imide groups is 1. The first kappa shape index (κ1) is 18.6. The third kappa shape index (κ3) is 4.63. The molecule has 1 aliphatic rings. The Bertz CT molecular complexity index is 819. The van der Waals surface area contributed by atoms with Gasteiger partial charge in [0.15, 0.2) is 5.25 Å². The van der Waals surface area contributed by atoms with Crippen LogP contribution in [0.25, 0.3) is 0 Å². The third-order valence-electron chi connectivity index (χ3n) is 3.39. The van der Waals surface area contributed by atoms with E-state index in [1.54, 1.807) is 12.1 Å². The Labute approximate surface area is 145 Å². The number of carbonyl (C=O) groups excluding carboxylic acids is 3. The molecular formula is C15H18N4O5S. The molecule has 0 radical (unpaired) electrons. The summed E-state index contributed by atoms with van der Waals surface area (Å²) in [7, 11) is -4.23. The lowest BCUT2D eigenvalue weighted by Crippen LogP contribution is -2.48. The van der Waals surface area contributed by atoms with E-state index in [1.807, 2.05) is 12.2 Å². The van der Waals surface area contributed by atoms with Crippen molar-refractivity contribution < 1.29 is 22.8 Å². The van der Waals surface area contributed by atoms with E-state index in [-0.39, 0.29) is 11.3 Å². The lowest BCUT2D eigenvalue weighted by molar-refractivity contribution is -0.118. The van der Waals surface area contributed by atoms with Crippen molar-refractivity contribution in [3.8, 4) is 0 Å². The van der Waals surface area contributed by atoms with Crippen LogP contribution in [0.5, 0.6) is 0 Å². The van der Waals surface area contributed by atoms with Crippen LogP contribution < -0.4 is 15.4 Å². The standard InChI is InChI=1S/C15H18N4O5S/c1-2-3-8-16-13(20)10-6-4-5-7-11(10)19-25(23,24)12-9-17-15(22)18-14(12)21/h4-7,9,12,19H,2-3,8H2,1H3,(H,16,20)(H,18,21,22). The van der Waals surface area contributed by atoms with Crippen LogP contribution in [0, 0.1) is 0 Å². The van der Waals surface area contributed by atoms with Gasteiger partial charge in [-0.15, -0.1) is 0 Å². The summed E-state index contributed by atoms with van der Waals surface area (Å²) in [6, 6.07) is 5.11. The van der Waals surface area contributed by atoms with Crippen LogP contribution in [0.2, 0.25) is 0 Å². The number of anilines is 1. The lowest BCUT2D eigenvalue weighted by atomic mass is 10.1. The maximum Gasteiger partial charge on any atom is 0.347 e. The van der Waals surface area contributed by atoms with Gasteiger partial charge in [-0.3, -0.25) is 19.6 Å². The second-order valence-corrected chi connectivity index (χ2v) is 7.10. The number of para-hydroxylation sites is 1. The SMILES string of the molecule is CCCCNC(=O)c1ccccc1NS(=O)(=O)C1C=NC(=O)NC1=O. The van der Waals surface area contributed by atoms with Crippen molar-refractivity contribution in [3.63, 3.8) is 0 Å². The van der Waals surface area contributed by atoms with Crippen molar-refractivity contribution in [2.45, 2.75) is 25.0 Å². The summed E-state index contributed by atoms with van der Waals surface area (Å²) in [4.78, 5) is 38.2. The maximum atomic E-state index is 12.4. The van der Waals surface area contributed by atoms with Crippen LogP contribution >= 0.6 is 0 Å². The number of rotatable bonds is 7. The molecule has 3 N–H and O–H groups in total. The molecule has 4 amide bonds. The van der Waals surface area contributed by atoms with Gasteiger partial charge in [-0.25, -0.2) is 18.2 Å². The van der Waals surface area contributed by atoms with Gasteiger partial charge >= 0.3 is 6.03 Å². The van der Waals surface area contributed by atoms with E-state index >= 15 is 0 Å². The number of carbonyl (C=O) groups is 3. The molecule has 2 rings (SSSR count). The summed E-state index contributed by atoms with van der Waals surface area (Å²) in [5, 5.41) is 2.85. The molecule has 1 aromatic rings. The first-order valence-electron chi connectivity index (χ1n) is 7.63. The van der Waals surface area contributed by atoms with Crippen molar-refractivity contribution in [1.82, 2.24) is 10.6 Å². The number of urea groups is 1. The van der Waals surface area contributed by atoms with Crippen molar-refractivity contribution in [2.75, 3.05) is 11.3 Å². The molecule has 0 fully saturated rings. The van der Waals surface area contributed by atoms with Crippen LogP contribution in [0.4, 0.5) is 10.5 Å². The van der Waals surface area contributed by atoms with E-state index in [9.17, 15) is 22.8 Å². The van der Waals surface area contributed by atoms with Gasteiger partial charge in [0.1, 0.15) is 0 Å². The normalized spacial score (nSPS) is 17.1. The number of nitrogens with one attached hydrogen (secondary N) is 3. The molecule has 134 valence electrons. The molecule has 1 atom stereocenters. The second-order valence-electron chi connectivity index (χ2n) is 5.30. The Morgan fingerprint density at radius 1 is 1.28 bits per heavy atom. The van der Waals surface area contributed by atoms with E-state index < -0.39 is 33.1 Å². The average molecular weight is 366 g/mol. The summed E-state index contributed by atoms with van der Waals surface area (Å²) < 4.78 is 27.0. The lowest BCUT2D eigenvalue weighted by Gasteiger charge is -2.18. The minimum absolute atomic E-state index is 0.0367. The summed E-state index contributed by atoms with van der Waals surface area (Å²) in [5.41, 5.74) is 0.168. The molecule has 1 heterocycles. The quantitative estimate of drug-likeness (QED) is 0.609. The van der Waals surface area contributed by atoms with Crippen molar-refractivity contribution in [3.05, 3.63) is 29.8 Å². The van der Waals surface area contributed by atoms with E-state index in [1.165, 1.54) is 12.1 Å². The van der Waals surface area contributed by atoms with E-state index in [0.717, 1.165) is 19.1 Å². The maximum absolute atomic E-state index is 12.4. The molecule has 0 bridgehead atoms. The predicted octanol–water partition coefficient (Wildman–Crippen LogP) is 0.647. The highest BCUT2D eigenvalue weighted by Crippen LogP contribution is 2.18. The number of nitrogens with zero attached hydrogens (tertiary/aromatic N) is 1. The molecular weight excluding hydrogens is 348 g/mol. The Balaban J connectivity index is 2.22. The molecule has 9 nitrogen and oxygen atoms in total. The highest BCUT2D eigenvalue weighted by molar-refractivity contribution is 7.94. The number of sulfonamides is 1. The molecule has 25 heavy (non-hydrogen) atoms. The summed E-state index contributed by atoms with van der Waals surface area (Å²) in [6.07, 6.45) is 2.46. The highest BCUT2D eigenvalue weighted by Gasteiger charge is 2.35. The van der Waals surface area contributed by atoms with Gasteiger partial charge in [0, 0.05) is 12.8 Å². The minimum Gasteiger partial charge on any atom is -0.352 e. The zero-order chi connectivity index (χ0) is 18.4. The molecule has 1 unspecified atom stereocenters. The Morgan fingerprint density at radius 2 is 2.00 bits per heavy atom. The van der Waals surface area contributed by atoms with Gasteiger partial charge in [0.2, 0.25) is 10.0 Å². The van der Waals surface area contributed by atoms with Crippen LogP contribution in [0.3, 0.4) is 0 Å². The summed E-state index contributed by atoms with van der Waals surface area (Å²) in [6.45, 7) is 2.45. The van der Waals surface area contributed by atoms with Crippen LogP contribution in [-0.4, -0.2) is 44.3 Å². The Hall–Kier alpha value is -2.75. The van der Waals surface area contributed by atoms with Crippen molar-refractivity contribution >= 4 is 39.8 Å². The molecule has 0 aliphatic carbocycles. The van der Waals surface area contributed by atoms with Crippen LogP contribution in [0.15, 0.2) is 29.3 Å². The molecule has 0 aromatic heterocycles. The summed E-state index contributed by atoms with van der Waals surface area (Å²) >= 11 is 0. The number of hydrogen-bond acceptors (Lipinski definition) is 5. The topological polar surface area (TPSA) is 134 Å². The monoisotopic (exact) mass is 366 g/mol. The van der Waals surface area contributed by atoms with Gasteiger partial charge < -0.3 is 5.32 Å². The van der Waals surface area contributed by atoms with Crippen molar-refractivity contribution in [1.29, 1.82) is 0 Å². The molecule has 0 saturated heterocycles. The van der Waals surface area contributed by atoms with E-state index in [0.29, 0.717) is 6.54 Å². The number of hydrogen-bond donors (Lipinski definition) is 3. The minimum atomic E-state index is -4.23. The third-order valence-corrected chi connectivity index (χ3v) is 4.90. The van der Waals surface area contributed by atoms with Gasteiger partial charge in [0.25, 0.3) is 11.8 Å². The number of benzene rings is 1. The summed E-state index contributed by atoms with van der Waals surface area (Å²) in [5.74, 6) is -1.43. The Morgan fingerprint density at radius 3 is 2.68 bits per heavy atom. The molecule has 1 aliphatic heterocycles. The fourth-order valence-electron chi connectivity index (χ4n) is 2.09. The zero-order valence-electron chi connectivity index (χ0n) is 13.5. The molecule has 0 saturated carbocycles. The van der Waals surface area contributed by atoms with Gasteiger partial charge in [-0.1, -0.05) is 25.5 Å². The van der Waals surface area contributed by atoms with Crippen LogP contribution in [0.1, 0.15) is 30.1 Å². The van der Waals surface area contributed by atoms with Gasteiger partial charge in [-0.05, 0) is 18.6 Å². The van der Waals surface area contributed by atoms with E-state index in [4.69, 9.17) is 0 Å². The fourth-order valence-corrected chi connectivity index (χ4v) is 3.27. The number of amides is 4. The van der Waals surface area contributed by atoms with Gasteiger partial charge in [0.05, 0.1) is 11.3 Å². The molecule has 0 spiro atoms. The first-order chi connectivity index (χ1) is 11.8. The number of aliphatic imine (C=N–C) groups is 1. The Kier molecular flexibility index (Phi) is 5.86. The van der Waals surface area contributed by atoms with E-state index in [2.05, 4.69) is 15.0 Å². The molecule has 10 heteroatoms. The first-order valence-corrected chi connectivity index (χ1v) is 9.17. The van der Waals surface area contributed by atoms with Crippen molar-refractivity contribution in [2.24, 2.45) is 4.99 Å².